The molecule has 1 N–H and O–H groups in total. The normalized spacial score (nSPS) is 13.3. The second-order valence-electron chi connectivity index (χ2n) is 10.6. The van der Waals surface area contributed by atoms with Gasteiger partial charge in [-0.25, -0.2) is 0 Å². The molecule has 0 aliphatic rings. The molecule has 0 rings (SSSR count). The first kappa shape index (κ1) is 31.5. The molecule has 0 aliphatic carbocycles. The van der Waals surface area contributed by atoms with Gasteiger partial charge in [-0.2, -0.15) is 0 Å². The Hall–Kier alpha value is -0.530. The van der Waals surface area contributed by atoms with E-state index in [-0.39, 0.29) is 5.92 Å². The Bertz CT molecular complexity index is 379. The second-order valence-corrected chi connectivity index (χ2v) is 10.6. The number of carboxylic acid groups (broad SMARTS) is 1. The summed E-state index contributed by atoms with van der Waals surface area (Å²) in [6.07, 6.45) is 31.5. The molecule has 0 aromatic heterocycles. The summed E-state index contributed by atoms with van der Waals surface area (Å²) in [5, 5.41) is 9.68. The molecule has 2 heteroatoms. The van der Waals surface area contributed by atoms with E-state index >= 15 is 0 Å². The van der Waals surface area contributed by atoms with Gasteiger partial charge in [0.1, 0.15) is 0 Å². The van der Waals surface area contributed by atoms with E-state index in [4.69, 9.17) is 0 Å². The van der Waals surface area contributed by atoms with Crippen molar-refractivity contribution in [1.82, 2.24) is 0 Å². The molecule has 192 valence electrons. The summed E-state index contributed by atoms with van der Waals surface area (Å²) in [4.78, 5) is 11.8. The number of rotatable bonds is 26. The summed E-state index contributed by atoms with van der Waals surface area (Å²) in [5.74, 6) is -0.363. The second kappa shape index (κ2) is 25.1. The molecule has 0 fully saturated rings. The van der Waals surface area contributed by atoms with Gasteiger partial charge in [-0.3, -0.25) is 4.79 Å². The van der Waals surface area contributed by atoms with Crippen LogP contribution in [0.2, 0.25) is 0 Å². The first-order valence-corrected chi connectivity index (χ1v) is 14.9. The van der Waals surface area contributed by atoms with Crippen molar-refractivity contribution in [3.05, 3.63) is 0 Å². The number of carbonyl (C=O) groups is 1. The molecule has 0 aliphatic heterocycles. The minimum atomic E-state index is -0.563. The first-order chi connectivity index (χ1) is 15.6. The minimum Gasteiger partial charge on any atom is -0.481 e. The molecule has 0 saturated carbocycles. The minimum absolute atomic E-state index is 0.128. The number of aliphatic carboxylic acids is 1. The molecule has 0 aromatic rings. The molecule has 2 nitrogen and oxygen atoms in total. The van der Waals surface area contributed by atoms with Crippen LogP contribution in [0, 0.1) is 11.8 Å². The van der Waals surface area contributed by atoms with Gasteiger partial charge in [0.25, 0.3) is 0 Å². The lowest BCUT2D eigenvalue weighted by molar-refractivity contribution is -0.143. The Balaban J connectivity index is 3.59. The van der Waals surface area contributed by atoms with Gasteiger partial charge < -0.3 is 5.11 Å². The quantitative estimate of drug-likeness (QED) is 0.132. The van der Waals surface area contributed by atoms with Gasteiger partial charge >= 0.3 is 5.97 Å². The van der Waals surface area contributed by atoms with Gasteiger partial charge in [0.2, 0.25) is 0 Å². The fourth-order valence-electron chi connectivity index (χ4n) is 5.01. The number of hydrogen-bond acceptors (Lipinski definition) is 1. The van der Waals surface area contributed by atoms with Gasteiger partial charge in [-0.05, 0) is 18.8 Å². The molecule has 2 atom stereocenters. The zero-order valence-electron chi connectivity index (χ0n) is 22.5. The van der Waals surface area contributed by atoms with Crippen LogP contribution in [-0.4, -0.2) is 11.1 Å². The summed E-state index contributed by atoms with van der Waals surface area (Å²) < 4.78 is 0. The average Bonchev–Trinajstić information content (AvgIpc) is 2.77. The molecule has 0 aromatic carbocycles. The number of hydrogen-bond donors (Lipinski definition) is 1. The molecular weight excluding hydrogens is 392 g/mol. The van der Waals surface area contributed by atoms with Crippen LogP contribution < -0.4 is 0 Å². The number of unbranched alkanes of at least 4 members (excludes halogenated alkanes) is 20. The number of carboxylic acids is 1. The van der Waals surface area contributed by atoms with E-state index < -0.39 is 5.97 Å². The summed E-state index contributed by atoms with van der Waals surface area (Å²) in [6, 6.07) is 0. The largest absolute Gasteiger partial charge is 0.481 e. The van der Waals surface area contributed by atoms with E-state index in [1.165, 1.54) is 135 Å². The Morgan fingerprint density at radius 3 is 1.09 bits per heavy atom. The fraction of sp³-hybridized carbons (Fsp3) is 0.967. The smallest absolute Gasteiger partial charge is 0.306 e. The van der Waals surface area contributed by atoms with Crippen LogP contribution in [0.3, 0.4) is 0 Å². The van der Waals surface area contributed by atoms with Crippen molar-refractivity contribution in [3.63, 3.8) is 0 Å². The van der Waals surface area contributed by atoms with Crippen molar-refractivity contribution >= 4 is 5.97 Å². The van der Waals surface area contributed by atoms with Crippen LogP contribution >= 0.6 is 0 Å². The maximum Gasteiger partial charge on any atom is 0.306 e. The third kappa shape index (κ3) is 21.3. The van der Waals surface area contributed by atoms with Crippen LogP contribution in [0.5, 0.6) is 0 Å². The Morgan fingerprint density at radius 2 is 0.781 bits per heavy atom. The van der Waals surface area contributed by atoms with E-state index in [1.54, 1.807) is 0 Å². The van der Waals surface area contributed by atoms with Crippen LogP contribution in [0.25, 0.3) is 0 Å². The monoisotopic (exact) mass is 452 g/mol. The predicted molar refractivity (Wildman–Crippen MR) is 142 cm³/mol. The zero-order valence-corrected chi connectivity index (χ0v) is 22.5. The van der Waals surface area contributed by atoms with E-state index in [0.717, 1.165) is 19.3 Å². The SMILES string of the molecule is CCCCCCCCCCCCCCCC(C(=O)O)C(C)CCCCCCCCCCC. The van der Waals surface area contributed by atoms with Gasteiger partial charge in [0.05, 0.1) is 5.92 Å². The lowest BCUT2D eigenvalue weighted by atomic mass is 9.85. The third-order valence-electron chi connectivity index (χ3n) is 7.39. The van der Waals surface area contributed by atoms with Crippen molar-refractivity contribution in [2.75, 3.05) is 0 Å². The molecule has 0 spiro atoms. The third-order valence-corrected chi connectivity index (χ3v) is 7.39. The lowest BCUT2D eigenvalue weighted by Gasteiger charge is -2.20. The van der Waals surface area contributed by atoms with Crippen LogP contribution in [-0.2, 0) is 4.79 Å². The summed E-state index contributed by atoms with van der Waals surface area (Å²) in [5.41, 5.74) is 0. The van der Waals surface area contributed by atoms with Crippen LogP contribution in [0.4, 0.5) is 0 Å². The van der Waals surface area contributed by atoms with Gasteiger partial charge in [0, 0.05) is 0 Å². The molecule has 2 unspecified atom stereocenters. The molecule has 0 amide bonds. The van der Waals surface area contributed by atoms with E-state index in [9.17, 15) is 9.90 Å². The summed E-state index contributed by atoms with van der Waals surface area (Å²) >= 11 is 0. The van der Waals surface area contributed by atoms with Gasteiger partial charge in [-0.1, -0.05) is 162 Å². The molecule has 0 bridgehead atoms. The highest BCUT2D eigenvalue weighted by atomic mass is 16.4. The Morgan fingerprint density at radius 1 is 0.500 bits per heavy atom. The van der Waals surface area contributed by atoms with Crippen molar-refractivity contribution in [1.29, 1.82) is 0 Å². The maximum atomic E-state index is 11.8. The zero-order chi connectivity index (χ0) is 23.7. The highest BCUT2D eigenvalue weighted by molar-refractivity contribution is 5.70. The molecule has 32 heavy (non-hydrogen) atoms. The summed E-state index contributed by atoms with van der Waals surface area (Å²) in [6.45, 7) is 6.72. The summed E-state index contributed by atoms with van der Waals surface area (Å²) in [7, 11) is 0. The van der Waals surface area contributed by atoms with Crippen molar-refractivity contribution in [2.24, 2.45) is 11.8 Å². The van der Waals surface area contributed by atoms with Gasteiger partial charge in [0.15, 0.2) is 0 Å². The average molecular weight is 453 g/mol. The lowest BCUT2D eigenvalue weighted by Crippen LogP contribution is -2.21. The van der Waals surface area contributed by atoms with Crippen LogP contribution in [0.1, 0.15) is 175 Å². The van der Waals surface area contributed by atoms with E-state index in [1.807, 2.05) is 0 Å². The Kier molecular flexibility index (Phi) is 24.7. The molecular formula is C30H60O2. The van der Waals surface area contributed by atoms with E-state index in [2.05, 4.69) is 20.8 Å². The maximum absolute atomic E-state index is 11.8. The van der Waals surface area contributed by atoms with Crippen LogP contribution in [0.15, 0.2) is 0 Å². The topological polar surface area (TPSA) is 37.3 Å². The fourth-order valence-corrected chi connectivity index (χ4v) is 5.01. The predicted octanol–water partition coefficient (Wildman–Crippen LogP) is 10.7. The Labute approximate surface area is 202 Å². The first-order valence-electron chi connectivity index (χ1n) is 14.9. The molecule has 0 saturated heterocycles. The highest BCUT2D eigenvalue weighted by Gasteiger charge is 2.23. The molecule has 0 heterocycles. The van der Waals surface area contributed by atoms with Crippen molar-refractivity contribution < 1.29 is 9.90 Å². The molecule has 0 radical (unpaired) electrons. The van der Waals surface area contributed by atoms with E-state index in [0.29, 0.717) is 5.92 Å². The highest BCUT2D eigenvalue weighted by Crippen LogP contribution is 2.25. The van der Waals surface area contributed by atoms with Crippen molar-refractivity contribution in [2.45, 2.75) is 175 Å². The van der Waals surface area contributed by atoms with Gasteiger partial charge in [-0.15, -0.1) is 0 Å². The van der Waals surface area contributed by atoms with Crippen molar-refractivity contribution in [3.8, 4) is 0 Å². The standard InChI is InChI=1S/C30H60O2/c1-4-6-8-10-12-14-15-16-17-19-21-23-25-27-29(30(31)32)28(3)26-24-22-20-18-13-11-9-7-5-2/h28-29H,4-27H2,1-3H3,(H,31,32).